The lowest BCUT2D eigenvalue weighted by Gasteiger charge is -2.24. The van der Waals surface area contributed by atoms with Gasteiger partial charge in [-0.3, -0.25) is 9.59 Å². The molecule has 2 saturated heterocycles. The van der Waals surface area contributed by atoms with E-state index in [-0.39, 0.29) is 30.2 Å². The smallest absolute Gasteiger partial charge is 0.226 e. The second-order valence-corrected chi connectivity index (χ2v) is 7.31. The highest BCUT2D eigenvalue weighted by Crippen LogP contribution is 2.34. The zero-order valence-corrected chi connectivity index (χ0v) is 15.1. The zero-order chi connectivity index (χ0) is 17.9. The first-order chi connectivity index (χ1) is 12.0. The molecule has 136 valence electrons. The second kappa shape index (κ2) is 7.67. The number of carbonyl (C=O) groups excluding carboxylic acids is 2. The first-order valence-corrected chi connectivity index (χ1v) is 9.08. The summed E-state index contributed by atoms with van der Waals surface area (Å²) in [5.41, 5.74) is 1.20. The van der Waals surface area contributed by atoms with Crippen LogP contribution in [0.1, 0.15) is 38.7 Å². The normalized spacial score (nSPS) is 25.5. The Balaban J connectivity index is 1.66. The third-order valence-electron chi connectivity index (χ3n) is 5.18. The van der Waals surface area contributed by atoms with Gasteiger partial charge in [0.15, 0.2) is 5.79 Å². The summed E-state index contributed by atoms with van der Waals surface area (Å²) in [4.78, 5) is 26.3. The summed E-state index contributed by atoms with van der Waals surface area (Å²) < 4.78 is 11.3. The number of Topliss-reactive ketones (excluding diaryl/α,β-unsaturated/α-hetero) is 1. The van der Waals surface area contributed by atoms with E-state index in [4.69, 9.17) is 9.47 Å². The molecule has 2 aliphatic heterocycles. The van der Waals surface area contributed by atoms with Crippen LogP contribution in [0.25, 0.3) is 0 Å². The highest BCUT2D eigenvalue weighted by molar-refractivity contribution is 5.87. The Morgan fingerprint density at radius 2 is 1.92 bits per heavy atom. The maximum Gasteiger partial charge on any atom is 0.226 e. The van der Waals surface area contributed by atoms with Gasteiger partial charge in [-0.2, -0.15) is 0 Å². The predicted octanol–water partition coefficient (Wildman–Crippen LogP) is 2.58. The summed E-state index contributed by atoms with van der Waals surface area (Å²) in [5.74, 6) is -0.500. The fourth-order valence-corrected chi connectivity index (χ4v) is 3.88. The summed E-state index contributed by atoms with van der Waals surface area (Å²) in [6.07, 6.45) is 3.02. The van der Waals surface area contributed by atoms with E-state index in [1.165, 1.54) is 5.56 Å². The van der Waals surface area contributed by atoms with Gasteiger partial charge in [-0.25, -0.2) is 0 Å². The van der Waals surface area contributed by atoms with Crippen molar-refractivity contribution in [3.63, 3.8) is 0 Å². The van der Waals surface area contributed by atoms with E-state index >= 15 is 0 Å². The van der Waals surface area contributed by atoms with E-state index in [0.717, 1.165) is 19.3 Å². The summed E-state index contributed by atoms with van der Waals surface area (Å²) in [7, 11) is 0. The number of ketones is 1. The molecule has 0 N–H and O–H groups in total. The number of amides is 1. The van der Waals surface area contributed by atoms with E-state index in [2.05, 4.69) is 12.1 Å². The standard InChI is InChI=1S/C20H27NO4/c1-15(22)14-21-18(12-16-6-4-3-5-7-16)13-17(19(21)23)8-9-20(2)24-10-11-25-20/h3-7,17-18H,8-14H2,1-2H3/t17-,18+/m0/s1. The molecule has 5 nitrogen and oxygen atoms in total. The van der Waals surface area contributed by atoms with Crippen molar-refractivity contribution >= 4 is 11.7 Å². The van der Waals surface area contributed by atoms with Crippen molar-refractivity contribution in [2.45, 2.75) is 51.4 Å². The molecule has 0 saturated carbocycles. The van der Waals surface area contributed by atoms with Crippen LogP contribution in [0.2, 0.25) is 0 Å². The molecule has 2 heterocycles. The highest BCUT2D eigenvalue weighted by atomic mass is 16.7. The van der Waals surface area contributed by atoms with Gasteiger partial charge >= 0.3 is 0 Å². The van der Waals surface area contributed by atoms with E-state index in [0.29, 0.717) is 19.6 Å². The Hall–Kier alpha value is -1.72. The molecule has 5 heteroatoms. The fourth-order valence-electron chi connectivity index (χ4n) is 3.88. The number of rotatable bonds is 7. The van der Waals surface area contributed by atoms with Crippen LogP contribution in [0.4, 0.5) is 0 Å². The second-order valence-electron chi connectivity index (χ2n) is 7.31. The van der Waals surface area contributed by atoms with Crippen LogP contribution < -0.4 is 0 Å². The molecule has 1 amide bonds. The molecule has 0 aromatic heterocycles. The molecular formula is C20H27NO4. The van der Waals surface area contributed by atoms with Gasteiger partial charge in [0.25, 0.3) is 0 Å². The Labute approximate surface area is 149 Å². The molecule has 2 aliphatic rings. The molecule has 0 aliphatic carbocycles. The molecule has 0 unspecified atom stereocenters. The number of hydrogen-bond acceptors (Lipinski definition) is 4. The lowest BCUT2D eigenvalue weighted by molar-refractivity contribution is -0.151. The summed E-state index contributed by atoms with van der Waals surface area (Å²) in [6.45, 7) is 4.91. The van der Waals surface area contributed by atoms with Crippen molar-refractivity contribution in [2.75, 3.05) is 19.8 Å². The van der Waals surface area contributed by atoms with Gasteiger partial charge in [-0.05, 0) is 38.7 Å². The summed E-state index contributed by atoms with van der Waals surface area (Å²) >= 11 is 0. The lowest BCUT2D eigenvalue weighted by atomic mass is 9.94. The van der Waals surface area contributed by atoms with Crippen LogP contribution in [0.5, 0.6) is 0 Å². The molecule has 3 rings (SSSR count). The number of likely N-dealkylation sites (tertiary alicyclic amines) is 1. The molecule has 2 atom stereocenters. The minimum atomic E-state index is -0.566. The van der Waals surface area contributed by atoms with E-state index < -0.39 is 5.79 Å². The van der Waals surface area contributed by atoms with E-state index in [1.807, 2.05) is 25.1 Å². The summed E-state index contributed by atoms with van der Waals surface area (Å²) in [5, 5.41) is 0. The predicted molar refractivity (Wildman–Crippen MR) is 94.0 cm³/mol. The Morgan fingerprint density at radius 1 is 1.24 bits per heavy atom. The van der Waals surface area contributed by atoms with Crippen molar-refractivity contribution in [1.29, 1.82) is 0 Å². The Morgan fingerprint density at radius 3 is 2.56 bits per heavy atom. The fraction of sp³-hybridized carbons (Fsp3) is 0.600. The molecule has 0 bridgehead atoms. The number of hydrogen-bond donors (Lipinski definition) is 0. The van der Waals surface area contributed by atoms with Crippen LogP contribution in [-0.4, -0.2) is 48.2 Å². The molecule has 0 radical (unpaired) electrons. The third kappa shape index (κ3) is 4.47. The number of nitrogens with zero attached hydrogens (tertiary/aromatic N) is 1. The van der Waals surface area contributed by atoms with Gasteiger partial charge in [-0.15, -0.1) is 0 Å². The first kappa shape index (κ1) is 18.1. The zero-order valence-electron chi connectivity index (χ0n) is 15.1. The van der Waals surface area contributed by atoms with E-state index in [1.54, 1.807) is 11.8 Å². The third-order valence-corrected chi connectivity index (χ3v) is 5.18. The van der Waals surface area contributed by atoms with Crippen molar-refractivity contribution in [1.82, 2.24) is 4.90 Å². The van der Waals surface area contributed by atoms with Crippen LogP contribution >= 0.6 is 0 Å². The van der Waals surface area contributed by atoms with Gasteiger partial charge in [0.1, 0.15) is 5.78 Å². The van der Waals surface area contributed by atoms with Crippen molar-refractivity contribution in [3.05, 3.63) is 35.9 Å². The van der Waals surface area contributed by atoms with Crippen LogP contribution in [0.3, 0.4) is 0 Å². The monoisotopic (exact) mass is 345 g/mol. The van der Waals surface area contributed by atoms with Crippen molar-refractivity contribution in [2.24, 2.45) is 5.92 Å². The lowest BCUT2D eigenvalue weighted by Crippen LogP contribution is -2.38. The number of ether oxygens (including phenoxy) is 2. The van der Waals surface area contributed by atoms with Gasteiger partial charge in [0.2, 0.25) is 5.91 Å². The van der Waals surface area contributed by atoms with Gasteiger partial charge in [-0.1, -0.05) is 30.3 Å². The largest absolute Gasteiger partial charge is 0.348 e. The van der Waals surface area contributed by atoms with Crippen LogP contribution in [-0.2, 0) is 25.5 Å². The molecular weight excluding hydrogens is 318 g/mol. The van der Waals surface area contributed by atoms with Gasteiger partial charge < -0.3 is 14.4 Å². The average Bonchev–Trinajstić information content (AvgIpc) is 3.13. The summed E-state index contributed by atoms with van der Waals surface area (Å²) in [6, 6.07) is 10.2. The molecule has 2 fully saturated rings. The van der Waals surface area contributed by atoms with Crippen molar-refractivity contribution < 1.29 is 19.1 Å². The first-order valence-electron chi connectivity index (χ1n) is 9.08. The number of benzene rings is 1. The van der Waals surface area contributed by atoms with Crippen molar-refractivity contribution in [3.8, 4) is 0 Å². The maximum atomic E-state index is 12.8. The van der Waals surface area contributed by atoms with Gasteiger partial charge in [0.05, 0.1) is 19.8 Å². The Kier molecular flexibility index (Phi) is 5.54. The number of carbonyl (C=O) groups is 2. The van der Waals surface area contributed by atoms with Crippen LogP contribution in [0.15, 0.2) is 30.3 Å². The maximum absolute atomic E-state index is 12.8. The van der Waals surface area contributed by atoms with E-state index in [9.17, 15) is 9.59 Å². The molecule has 0 spiro atoms. The van der Waals surface area contributed by atoms with Crippen LogP contribution in [0, 0.1) is 5.92 Å². The highest BCUT2D eigenvalue weighted by Gasteiger charge is 2.41. The minimum Gasteiger partial charge on any atom is -0.348 e. The average molecular weight is 345 g/mol. The molecule has 25 heavy (non-hydrogen) atoms. The Bertz CT molecular complexity index is 609. The quantitative estimate of drug-likeness (QED) is 0.762. The SMILES string of the molecule is CC(=O)CN1C(=O)[C@@H](CCC2(C)OCCO2)C[C@H]1Cc1ccccc1. The topological polar surface area (TPSA) is 55.8 Å². The minimum absolute atomic E-state index is 0.0292. The molecule has 1 aromatic rings. The molecule has 1 aromatic carbocycles. The van der Waals surface area contributed by atoms with Gasteiger partial charge in [0, 0.05) is 18.4 Å².